The first-order valence-corrected chi connectivity index (χ1v) is 7.55. The highest BCUT2D eigenvalue weighted by Crippen LogP contribution is 2.07. The first kappa shape index (κ1) is 16.9. The molecule has 0 fully saturated rings. The van der Waals surface area contributed by atoms with E-state index in [1.807, 2.05) is 24.3 Å². The Labute approximate surface area is 122 Å². The van der Waals surface area contributed by atoms with Gasteiger partial charge in [-0.15, -0.1) is 0 Å². The van der Waals surface area contributed by atoms with Crippen LogP contribution >= 0.6 is 0 Å². The average Bonchev–Trinajstić information content (AvgIpc) is 2.47. The van der Waals surface area contributed by atoms with Crippen molar-refractivity contribution in [2.75, 3.05) is 26.4 Å². The molecule has 20 heavy (non-hydrogen) atoms. The molecule has 0 atom stereocenters. The molecule has 0 radical (unpaired) electrons. The van der Waals surface area contributed by atoms with Gasteiger partial charge in [-0.3, -0.25) is 4.79 Å². The van der Waals surface area contributed by atoms with E-state index in [-0.39, 0.29) is 12.4 Å². The Morgan fingerprint density at radius 2 is 1.65 bits per heavy atom. The molecule has 0 saturated heterocycles. The summed E-state index contributed by atoms with van der Waals surface area (Å²) in [6.45, 7) is 6.21. The van der Waals surface area contributed by atoms with Crippen LogP contribution in [0.5, 0.6) is 0 Å². The van der Waals surface area contributed by atoms with Crippen molar-refractivity contribution in [3.8, 4) is 0 Å². The normalized spacial score (nSPS) is 10.7. The summed E-state index contributed by atoms with van der Waals surface area (Å²) >= 11 is 0. The van der Waals surface area contributed by atoms with Crippen molar-refractivity contribution in [2.24, 2.45) is 0 Å². The molecular formula is C17H26O3. The van der Waals surface area contributed by atoms with Gasteiger partial charge >= 0.3 is 0 Å². The van der Waals surface area contributed by atoms with Gasteiger partial charge in [-0.1, -0.05) is 51.0 Å². The second kappa shape index (κ2) is 10.6. The summed E-state index contributed by atoms with van der Waals surface area (Å²) in [5.74, 6) is 0.0293. The Balaban J connectivity index is 2.18. The third-order valence-corrected chi connectivity index (χ3v) is 3.06. The molecule has 0 unspecified atom stereocenters. The fraction of sp³-hybridized carbons (Fsp3) is 0.588. The number of unbranched alkanes of at least 4 members (excludes halogenated alkanes) is 1. The Morgan fingerprint density at radius 1 is 0.950 bits per heavy atom. The summed E-state index contributed by atoms with van der Waals surface area (Å²) in [5.41, 5.74) is 1.99. The first-order valence-electron chi connectivity index (χ1n) is 7.55. The fourth-order valence-electron chi connectivity index (χ4n) is 1.86. The molecule has 1 rings (SSSR count). The Hall–Kier alpha value is -1.19. The van der Waals surface area contributed by atoms with Gasteiger partial charge in [0.2, 0.25) is 0 Å². The number of rotatable bonds is 11. The number of carbonyl (C=O) groups is 1. The van der Waals surface area contributed by atoms with Crippen molar-refractivity contribution in [1.82, 2.24) is 0 Å². The maximum Gasteiger partial charge on any atom is 0.188 e. The number of hydrogen-bond donors (Lipinski definition) is 0. The van der Waals surface area contributed by atoms with Gasteiger partial charge in [0.05, 0.1) is 13.2 Å². The highest BCUT2D eigenvalue weighted by molar-refractivity contribution is 5.97. The van der Waals surface area contributed by atoms with Crippen LogP contribution in [0.15, 0.2) is 24.3 Å². The summed E-state index contributed by atoms with van der Waals surface area (Å²) in [6.07, 6.45) is 4.38. The summed E-state index contributed by atoms with van der Waals surface area (Å²) in [6, 6.07) is 7.80. The van der Waals surface area contributed by atoms with E-state index in [0.29, 0.717) is 13.2 Å². The quantitative estimate of drug-likeness (QED) is 0.458. The zero-order chi connectivity index (χ0) is 14.6. The average molecular weight is 278 g/mol. The Bertz CT molecular complexity index is 370. The summed E-state index contributed by atoms with van der Waals surface area (Å²) in [7, 11) is 0. The van der Waals surface area contributed by atoms with Crippen LogP contribution in [-0.4, -0.2) is 32.2 Å². The lowest BCUT2D eigenvalue weighted by atomic mass is 10.1. The SMILES string of the molecule is CCCCOCCOCC(=O)c1ccc(CCC)cc1. The van der Waals surface area contributed by atoms with Crippen LogP contribution in [0.4, 0.5) is 0 Å². The van der Waals surface area contributed by atoms with E-state index in [4.69, 9.17) is 9.47 Å². The van der Waals surface area contributed by atoms with E-state index in [2.05, 4.69) is 13.8 Å². The van der Waals surface area contributed by atoms with Crippen LogP contribution in [0.1, 0.15) is 49.0 Å². The molecular weight excluding hydrogens is 252 g/mol. The smallest absolute Gasteiger partial charge is 0.188 e. The molecule has 0 aliphatic carbocycles. The lowest BCUT2D eigenvalue weighted by molar-refractivity contribution is 0.0432. The van der Waals surface area contributed by atoms with Crippen LogP contribution < -0.4 is 0 Å². The van der Waals surface area contributed by atoms with Crippen molar-refractivity contribution in [3.63, 3.8) is 0 Å². The molecule has 1 aromatic carbocycles. The predicted octanol–water partition coefficient (Wildman–Crippen LogP) is 3.66. The van der Waals surface area contributed by atoms with Gasteiger partial charge in [-0.2, -0.15) is 0 Å². The van der Waals surface area contributed by atoms with Gasteiger partial charge in [0.25, 0.3) is 0 Å². The maximum absolute atomic E-state index is 11.9. The number of aryl methyl sites for hydroxylation is 1. The lowest BCUT2D eigenvalue weighted by Crippen LogP contribution is -2.13. The van der Waals surface area contributed by atoms with Crippen molar-refractivity contribution in [2.45, 2.75) is 39.5 Å². The molecule has 1 aromatic rings. The van der Waals surface area contributed by atoms with Gasteiger partial charge in [0.1, 0.15) is 6.61 Å². The summed E-state index contributed by atoms with van der Waals surface area (Å²) in [5, 5.41) is 0. The third-order valence-electron chi connectivity index (χ3n) is 3.06. The largest absolute Gasteiger partial charge is 0.379 e. The standard InChI is InChI=1S/C17H26O3/c1-3-5-11-19-12-13-20-14-17(18)16-9-7-15(6-4-2)8-10-16/h7-10H,3-6,11-14H2,1-2H3. The number of ether oxygens (including phenoxy) is 2. The molecule has 0 amide bonds. The highest BCUT2D eigenvalue weighted by Gasteiger charge is 2.05. The van der Waals surface area contributed by atoms with E-state index >= 15 is 0 Å². The number of hydrogen-bond acceptors (Lipinski definition) is 3. The summed E-state index contributed by atoms with van der Waals surface area (Å²) in [4.78, 5) is 11.9. The molecule has 3 heteroatoms. The van der Waals surface area contributed by atoms with Gasteiger partial charge in [0.15, 0.2) is 5.78 Å². The van der Waals surface area contributed by atoms with Crippen molar-refractivity contribution in [1.29, 1.82) is 0 Å². The second-order valence-corrected chi connectivity index (χ2v) is 4.89. The Morgan fingerprint density at radius 3 is 2.30 bits per heavy atom. The number of Topliss-reactive ketones (excluding diaryl/α,β-unsaturated/α-hetero) is 1. The van der Waals surface area contributed by atoms with E-state index in [1.54, 1.807) is 0 Å². The van der Waals surface area contributed by atoms with Crippen LogP contribution in [0.3, 0.4) is 0 Å². The van der Waals surface area contributed by atoms with Gasteiger partial charge in [-0.05, 0) is 18.4 Å². The van der Waals surface area contributed by atoms with Crippen molar-refractivity contribution in [3.05, 3.63) is 35.4 Å². The van der Waals surface area contributed by atoms with Crippen molar-refractivity contribution >= 4 is 5.78 Å². The van der Waals surface area contributed by atoms with Crippen LogP contribution in [0.25, 0.3) is 0 Å². The van der Waals surface area contributed by atoms with E-state index in [9.17, 15) is 4.79 Å². The molecule has 3 nitrogen and oxygen atoms in total. The third kappa shape index (κ3) is 6.83. The molecule has 0 aromatic heterocycles. The maximum atomic E-state index is 11.9. The number of ketones is 1. The lowest BCUT2D eigenvalue weighted by Gasteiger charge is -2.06. The molecule has 0 N–H and O–H groups in total. The minimum Gasteiger partial charge on any atom is -0.379 e. The van der Waals surface area contributed by atoms with Crippen LogP contribution in [0, 0.1) is 0 Å². The van der Waals surface area contributed by atoms with E-state index in [1.165, 1.54) is 5.56 Å². The van der Waals surface area contributed by atoms with Crippen molar-refractivity contribution < 1.29 is 14.3 Å². The molecule has 0 aliphatic heterocycles. The summed E-state index contributed by atoms with van der Waals surface area (Å²) < 4.78 is 10.7. The zero-order valence-electron chi connectivity index (χ0n) is 12.7. The first-order chi connectivity index (χ1) is 9.77. The fourth-order valence-corrected chi connectivity index (χ4v) is 1.86. The molecule has 0 spiro atoms. The van der Waals surface area contributed by atoms with Crippen LogP contribution in [-0.2, 0) is 15.9 Å². The Kier molecular flexibility index (Phi) is 8.92. The van der Waals surface area contributed by atoms with E-state index in [0.717, 1.165) is 37.9 Å². The molecule has 0 aliphatic rings. The zero-order valence-corrected chi connectivity index (χ0v) is 12.7. The molecule has 112 valence electrons. The molecule has 0 saturated carbocycles. The topological polar surface area (TPSA) is 35.5 Å². The predicted molar refractivity (Wildman–Crippen MR) is 81.3 cm³/mol. The molecule has 0 bridgehead atoms. The number of benzene rings is 1. The minimum absolute atomic E-state index is 0.0293. The number of carbonyl (C=O) groups excluding carboxylic acids is 1. The van der Waals surface area contributed by atoms with Gasteiger partial charge < -0.3 is 9.47 Å². The van der Waals surface area contributed by atoms with E-state index < -0.39 is 0 Å². The highest BCUT2D eigenvalue weighted by atomic mass is 16.5. The second-order valence-electron chi connectivity index (χ2n) is 4.89. The van der Waals surface area contributed by atoms with Gasteiger partial charge in [0, 0.05) is 12.2 Å². The molecule has 0 heterocycles. The van der Waals surface area contributed by atoms with Crippen LogP contribution in [0.2, 0.25) is 0 Å². The van der Waals surface area contributed by atoms with Gasteiger partial charge in [-0.25, -0.2) is 0 Å². The minimum atomic E-state index is 0.0293. The monoisotopic (exact) mass is 278 g/mol.